The van der Waals surface area contributed by atoms with E-state index in [0.29, 0.717) is 41.2 Å². The maximum Gasteiger partial charge on any atom is 0.242 e. The highest BCUT2D eigenvalue weighted by Gasteiger charge is 2.27. The van der Waals surface area contributed by atoms with Gasteiger partial charge in [-0.15, -0.1) is 0 Å². The van der Waals surface area contributed by atoms with Crippen LogP contribution in [0.1, 0.15) is 11.6 Å². The van der Waals surface area contributed by atoms with E-state index in [2.05, 4.69) is 9.62 Å². The van der Waals surface area contributed by atoms with Gasteiger partial charge in [0.25, 0.3) is 0 Å². The third kappa shape index (κ3) is 9.07. The monoisotopic (exact) mass is 647 g/mol. The molecule has 1 aliphatic rings. The molecule has 1 heterocycles. The van der Waals surface area contributed by atoms with Crippen molar-refractivity contribution in [2.75, 3.05) is 68.9 Å². The average Bonchev–Trinajstić information content (AvgIpc) is 2.96. The Morgan fingerprint density at radius 1 is 1.00 bits per heavy atom. The highest BCUT2D eigenvalue weighted by atomic mass is 35.5. The molecule has 1 saturated heterocycles. The lowest BCUT2D eigenvalue weighted by Crippen LogP contribution is -2.47. The lowest BCUT2D eigenvalue weighted by atomic mass is 9.98. The summed E-state index contributed by atoms with van der Waals surface area (Å²) in [5, 5.41) is 0.657. The van der Waals surface area contributed by atoms with Crippen LogP contribution in [0.15, 0.2) is 66.7 Å². The van der Waals surface area contributed by atoms with Crippen LogP contribution in [0, 0.1) is 0 Å². The van der Waals surface area contributed by atoms with E-state index in [1.165, 1.54) is 0 Å². The van der Waals surface area contributed by atoms with Crippen LogP contribution in [-0.2, 0) is 24.3 Å². The van der Waals surface area contributed by atoms with Gasteiger partial charge in [0.1, 0.15) is 0 Å². The molecule has 10 nitrogen and oxygen atoms in total. The van der Waals surface area contributed by atoms with Crippen molar-refractivity contribution < 1.29 is 22.7 Å². The second kappa shape index (κ2) is 14.4. The fourth-order valence-electron chi connectivity index (χ4n) is 4.95. The van der Waals surface area contributed by atoms with Gasteiger partial charge < -0.3 is 20.3 Å². The van der Waals surface area contributed by atoms with Crippen LogP contribution in [0.2, 0.25) is 10.0 Å². The summed E-state index contributed by atoms with van der Waals surface area (Å²) in [6.07, 6.45) is 1.11. The van der Waals surface area contributed by atoms with Crippen molar-refractivity contribution in [3.8, 4) is 11.1 Å². The zero-order chi connectivity index (χ0) is 31.1. The molecule has 230 valence electrons. The van der Waals surface area contributed by atoms with Gasteiger partial charge in [0.15, 0.2) is 0 Å². The molecular formula is C30H35Cl2N5O5S. The molecule has 3 N–H and O–H groups in total. The smallest absolute Gasteiger partial charge is 0.242 e. The zero-order valence-electron chi connectivity index (χ0n) is 24.0. The molecule has 13 heteroatoms. The van der Waals surface area contributed by atoms with Crippen molar-refractivity contribution in [1.82, 2.24) is 9.80 Å². The van der Waals surface area contributed by atoms with Gasteiger partial charge in [-0.25, -0.2) is 8.42 Å². The van der Waals surface area contributed by atoms with Gasteiger partial charge in [0.05, 0.1) is 54.3 Å². The van der Waals surface area contributed by atoms with Gasteiger partial charge >= 0.3 is 0 Å². The summed E-state index contributed by atoms with van der Waals surface area (Å²) < 4.78 is 31.9. The maximum atomic E-state index is 13.7. The Morgan fingerprint density at radius 3 is 2.30 bits per heavy atom. The number of amides is 2. The Morgan fingerprint density at radius 2 is 1.67 bits per heavy atom. The van der Waals surface area contributed by atoms with E-state index in [-0.39, 0.29) is 25.0 Å². The summed E-state index contributed by atoms with van der Waals surface area (Å²) >= 11 is 12.3. The summed E-state index contributed by atoms with van der Waals surface area (Å²) in [6.45, 7) is 2.96. The molecular weight excluding hydrogens is 613 g/mol. The number of para-hydroxylation sites is 1. The number of rotatable bonds is 12. The first kappa shape index (κ1) is 32.6. The van der Waals surface area contributed by atoms with Crippen molar-refractivity contribution in [3.63, 3.8) is 0 Å². The summed E-state index contributed by atoms with van der Waals surface area (Å²) in [7, 11) is -1.73. The number of benzene rings is 3. The van der Waals surface area contributed by atoms with E-state index in [1.54, 1.807) is 47.2 Å². The summed E-state index contributed by atoms with van der Waals surface area (Å²) in [4.78, 5) is 31.1. The highest BCUT2D eigenvalue weighted by Crippen LogP contribution is 2.31. The number of hydrogen-bond donors (Lipinski definition) is 2. The van der Waals surface area contributed by atoms with Crippen molar-refractivity contribution >= 4 is 56.4 Å². The molecule has 3 aromatic rings. The largest absolute Gasteiger partial charge is 0.379 e. The predicted molar refractivity (Wildman–Crippen MR) is 171 cm³/mol. The van der Waals surface area contributed by atoms with Crippen molar-refractivity contribution in [2.24, 2.45) is 5.73 Å². The molecule has 0 spiro atoms. The van der Waals surface area contributed by atoms with Crippen LogP contribution in [-0.4, -0.2) is 89.3 Å². The van der Waals surface area contributed by atoms with Crippen molar-refractivity contribution in [2.45, 2.75) is 6.04 Å². The first-order chi connectivity index (χ1) is 20.4. The average molecular weight is 649 g/mol. The molecule has 1 unspecified atom stereocenters. The number of hydrogen-bond acceptors (Lipinski definition) is 7. The molecule has 1 fully saturated rings. The molecule has 0 aromatic heterocycles. The van der Waals surface area contributed by atoms with Crippen LogP contribution in [0.25, 0.3) is 11.1 Å². The number of sulfonamides is 1. The molecule has 43 heavy (non-hydrogen) atoms. The third-order valence-corrected chi connectivity index (χ3v) is 8.50. The zero-order valence-corrected chi connectivity index (χ0v) is 26.3. The number of carbonyl (C=O) groups is 2. The first-order valence-electron chi connectivity index (χ1n) is 13.6. The number of ether oxygens (including phenoxy) is 1. The summed E-state index contributed by atoms with van der Waals surface area (Å²) in [5.41, 5.74) is 8.99. The standard InChI is InChI=1S/C30H35Cl2N5O5S/c1-35(30(39)20-37(19-29(33)38)23-11-12-25(31)26(32)17-23)28(18-36-13-15-42-16-14-36)22-9-7-21(8-10-22)24-5-3-4-6-27(24)34-43(2,40)41/h3-12,17,28,34H,13-16,18-20H2,1-2H3,(H2,33,38). The minimum Gasteiger partial charge on any atom is -0.379 e. The van der Waals surface area contributed by atoms with Crippen LogP contribution in [0.4, 0.5) is 11.4 Å². The molecule has 2 amide bonds. The SMILES string of the molecule is CN(C(=O)CN(CC(N)=O)c1ccc(Cl)c(Cl)c1)C(CN1CCOCC1)c1ccc(-c2ccccc2NS(C)(=O)=O)cc1. The van der Waals surface area contributed by atoms with Crippen LogP contribution in [0.5, 0.6) is 0 Å². The second-order valence-electron chi connectivity index (χ2n) is 10.4. The number of halogens is 2. The predicted octanol–water partition coefficient (Wildman–Crippen LogP) is 3.86. The topological polar surface area (TPSA) is 125 Å². The molecule has 0 bridgehead atoms. The van der Waals surface area contributed by atoms with Gasteiger partial charge in [-0.2, -0.15) is 0 Å². The van der Waals surface area contributed by atoms with Gasteiger partial charge in [0, 0.05) is 37.9 Å². The van der Waals surface area contributed by atoms with Gasteiger partial charge in [-0.1, -0.05) is 65.7 Å². The first-order valence-corrected chi connectivity index (χ1v) is 16.3. The van der Waals surface area contributed by atoms with E-state index in [1.807, 2.05) is 36.4 Å². The number of anilines is 2. The summed E-state index contributed by atoms with van der Waals surface area (Å²) in [5.74, 6) is -0.815. The van der Waals surface area contributed by atoms with Crippen LogP contribution in [0.3, 0.4) is 0 Å². The Balaban J connectivity index is 1.61. The summed E-state index contributed by atoms with van der Waals surface area (Å²) in [6, 6.07) is 19.5. The van der Waals surface area contributed by atoms with E-state index < -0.39 is 15.9 Å². The van der Waals surface area contributed by atoms with Gasteiger partial charge in [-0.3, -0.25) is 19.2 Å². The second-order valence-corrected chi connectivity index (χ2v) is 13.0. The fraction of sp³-hybridized carbons (Fsp3) is 0.333. The number of nitrogens with one attached hydrogen (secondary N) is 1. The number of primary amides is 1. The lowest BCUT2D eigenvalue weighted by Gasteiger charge is -2.36. The molecule has 1 aliphatic heterocycles. The lowest BCUT2D eigenvalue weighted by molar-refractivity contribution is -0.131. The van der Waals surface area contributed by atoms with Gasteiger partial charge in [0.2, 0.25) is 21.8 Å². The van der Waals surface area contributed by atoms with Crippen molar-refractivity contribution in [3.05, 3.63) is 82.3 Å². The number of nitrogens with zero attached hydrogens (tertiary/aromatic N) is 3. The Bertz CT molecular complexity index is 1550. The fourth-order valence-corrected chi connectivity index (χ4v) is 5.81. The van der Waals surface area contributed by atoms with Crippen molar-refractivity contribution in [1.29, 1.82) is 0 Å². The highest BCUT2D eigenvalue weighted by molar-refractivity contribution is 7.92. The van der Waals surface area contributed by atoms with E-state index in [0.717, 1.165) is 36.0 Å². The van der Waals surface area contributed by atoms with Crippen LogP contribution >= 0.6 is 23.2 Å². The van der Waals surface area contributed by atoms with Crippen LogP contribution < -0.4 is 15.4 Å². The quantitative estimate of drug-likeness (QED) is 0.306. The Labute approximate surface area is 262 Å². The minimum atomic E-state index is -3.47. The van der Waals surface area contributed by atoms with E-state index in [4.69, 9.17) is 33.7 Å². The molecule has 3 aromatic carbocycles. The molecule has 0 radical (unpaired) electrons. The van der Waals surface area contributed by atoms with E-state index in [9.17, 15) is 18.0 Å². The Kier molecular flexibility index (Phi) is 10.9. The molecule has 0 aliphatic carbocycles. The van der Waals surface area contributed by atoms with Gasteiger partial charge in [-0.05, 0) is 35.4 Å². The number of likely N-dealkylation sites (N-methyl/N-ethyl adjacent to an activating group) is 1. The number of carbonyl (C=O) groups excluding carboxylic acids is 2. The Hall–Kier alpha value is -3.35. The molecule has 4 rings (SSSR count). The number of morpholine rings is 1. The normalized spacial score (nSPS) is 14.6. The maximum absolute atomic E-state index is 13.7. The molecule has 0 saturated carbocycles. The third-order valence-electron chi connectivity index (χ3n) is 7.17. The van der Waals surface area contributed by atoms with E-state index >= 15 is 0 Å². The number of nitrogens with two attached hydrogens (primary N) is 1. The minimum absolute atomic E-state index is 0.111. The molecule has 1 atom stereocenters.